The molecule has 0 saturated carbocycles. The van der Waals surface area contributed by atoms with Crippen molar-refractivity contribution < 1.29 is 14.7 Å². The minimum atomic E-state index is -1.52. The second-order valence-electron chi connectivity index (χ2n) is 4.31. The summed E-state index contributed by atoms with van der Waals surface area (Å²) < 4.78 is 0. The molecule has 0 aromatic rings. The zero-order valence-electron chi connectivity index (χ0n) is 8.75. The van der Waals surface area contributed by atoms with Crippen LogP contribution in [0.15, 0.2) is 12.2 Å². The topological polar surface area (TPSA) is 66.4 Å². The third kappa shape index (κ3) is 1.11. The molecule has 2 amide bonds. The van der Waals surface area contributed by atoms with Gasteiger partial charge in [0, 0.05) is 0 Å². The molecular formula is C11H15NO3. The summed E-state index contributed by atoms with van der Waals surface area (Å²) >= 11 is 0. The van der Waals surface area contributed by atoms with Crippen molar-refractivity contribution in [2.75, 3.05) is 0 Å². The number of allylic oxidation sites excluding steroid dienone is 1. The number of nitrogens with one attached hydrogen (secondary N) is 1. The number of carbonyl (C=O) groups excluding carboxylic acids is 2. The summed E-state index contributed by atoms with van der Waals surface area (Å²) in [6, 6.07) is 0. The van der Waals surface area contributed by atoms with Crippen molar-refractivity contribution in [1.82, 2.24) is 5.32 Å². The van der Waals surface area contributed by atoms with Crippen LogP contribution >= 0.6 is 0 Å². The number of rotatable bonds is 2. The van der Waals surface area contributed by atoms with Gasteiger partial charge in [-0.3, -0.25) is 14.9 Å². The van der Waals surface area contributed by atoms with E-state index in [1.54, 1.807) is 6.08 Å². The van der Waals surface area contributed by atoms with E-state index in [0.717, 1.165) is 6.42 Å². The first-order valence-electron chi connectivity index (χ1n) is 5.33. The first kappa shape index (κ1) is 10.4. The molecule has 1 saturated heterocycles. The average molecular weight is 209 g/mol. The van der Waals surface area contributed by atoms with Crippen molar-refractivity contribution in [2.24, 2.45) is 5.41 Å². The van der Waals surface area contributed by atoms with Crippen molar-refractivity contribution in [2.45, 2.75) is 38.2 Å². The molecule has 82 valence electrons. The van der Waals surface area contributed by atoms with Gasteiger partial charge in [0.15, 0.2) is 5.60 Å². The minimum Gasteiger partial charge on any atom is -0.379 e. The van der Waals surface area contributed by atoms with Crippen LogP contribution in [0.2, 0.25) is 0 Å². The second kappa shape index (κ2) is 3.17. The van der Waals surface area contributed by atoms with Crippen molar-refractivity contribution >= 4 is 11.8 Å². The zero-order valence-corrected chi connectivity index (χ0v) is 8.75. The zero-order chi connectivity index (χ0) is 11.1. The van der Waals surface area contributed by atoms with Gasteiger partial charge in [0.2, 0.25) is 5.91 Å². The normalized spacial score (nSPS) is 39.1. The number of imide groups is 1. The van der Waals surface area contributed by atoms with E-state index in [2.05, 4.69) is 5.32 Å². The maximum Gasteiger partial charge on any atom is 0.260 e. The quantitative estimate of drug-likeness (QED) is 0.514. The van der Waals surface area contributed by atoms with E-state index in [1.807, 2.05) is 13.0 Å². The summed E-state index contributed by atoms with van der Waals surface area (Å²) in [5.74, 6) is -0.891. The maximum absolute atomic E-state index is 11.8. The molecule has 2 N–H and O–H groups in total. The Morgan fingerprint density at radius 2 is 2.20 bits per heavy atom. The highest BCUT2D eigenvalue weighted by Gasteiger charge is 2.64. The predicted molar refractivity (Wildman–Crippen MR) is 53.8 cm³/mol. The molecule has 1 fully saturated rings. The molecule has 1 aliphatic heterocycles. The summed E-state index contributed by atoms with van der Waals surface area (Å²) in [6.07, 6.45) is 5.83. The van der Waals surface area contributed by atoms with Crippen LogP contribution in [-0.4, -0.2) is 22.5 Å². The molecule has 0 aromatic heterocycles. The minimum absolute atomic E-state index is 0.334. The van der Waals surface area contributed by atoms with Gasteiger partial charge in [-0.15, -0.1) is 0 Å². The monoisotopic (exact) mass is 209 g/mol. The van der Waals surface area contributed by atoms with Crippen LogP contribution in [0.1, 0.15) is 32.6 Å². The van der Waals surface area contributed by atoms with Crippen molar-refractivity contribution in [1.29, 1.82) is 0 Å². The van der Waals surface area contributed by atoms with E-state index in [4.69, 9.17) is 0 Å². The molecule has 1 aliphatic carbocycles. The number of hydrogen-bond acceptors (Lipinski definition) is 3. The highest BCUT2D eigenvalue weighted by molar-refractivity contribution is 6.12. The summed E-state index contributed by atoms with van der Waals surface area (Å²) in [5, 5.41) is 12.6. The largest absolute Gasteiger partial charge is 0.379 e. The Hall–Kier alpha value is -1.16. The number of aliphatic hydroxyl groups is 1. The standard InChI is InChI=1S/C11H15NO3/c1-2-5-10-6-3-4-7-11(10,15)9(14)12-8(10)13/h3,6,15H,2,4-5,7H2,1H3,(H,12,13,14). The average Bonchev–Trinajstić information content (AvgIpc) is 2.39. The Morgan fingerprint density at radius 3 is 2.87 bits per heavy atom. The molecule has 2 unspecified atom stereocenters. The Bertz CT molecular complexity index is 350. The molecule has 4 heteroatoms. The first-order valence-corrected chi connectivity index (χ1v) is 5.33. The lowest BCUT2D eigenvalue weighted by Crippen LogP contribution is -2.51. The molecule has 2 atom stereocenters. The van der Waals surface area contributed by atoms with Crippen molar-refractivity contribution in [3.05, 3.63) is 12.2 Å². The van der Waals surface area contributed by atoms with Gasteiger partial charge in [0.25, 0.3) is 5.91 Å². The van der Waals surface area contributed by atoms with Crippen LogP contribution in [0.3, 0.4) is 0 Å². The van der Waals surface area contributed by atoms with Gasteiger partial charge in [-0.1, -0.05) is 25.5 Å². The van der Waals surface area contributed by atoms with Crippen LogP contribution in [0.25, 0.3) is 0 Å². The van der Waals surface area contributed by atoms with Crippen LogP contribution in [0.4, 0.5) is 0 Å². The Morgan fingerprint density at radius 1 is 1.47 bits per heavy atom. The van der Waals surface area contributed by atoms with E-state index in [-0.39, 0.29) is 5.91 Å². The summed E-state index contributed by atoms with van der Waals surface area (Å²) in [7, 11) is 0. The lowest BCUT2D eigenvalue weighted by Gasteiger charge is -2.37. The van der Waals surface area contributed by atoms with E-state index in [1.165, 1.54) is 0 Å². The fraction of sp³-hybridized carbons (Fsp3) is 0.636. The summed E-state index contributed by atoms with van der Waals surface area (Å²) in [6.45, 7) is 1.94. The van der Waals surface area contributed by atoms with E-state index in [0.29, 0.717) is 19.3 Å². The third-order valence-corrected chi connectivity index (χ3v) is 3.47. The molecule has 4 nitrogen and oxygen atoms in total. The molecule has 2 aliphatic rings. The second-order valence-corrected chi connectivity index (χ2v) is 4.31. The maximum atomic E-state index is 11.8. The highest BCUT2D eigenvalue weighted by Crippen LogP contribution is 2.47. The molecular weight excluding hydrogens is 194 g/mol. The van der Waals surface area contributed by atoms with E-state index < -0.39 is 16.9 Å². The lowest BCUT2D eigenvalue weighted by atomic mass is 9.66. The van der Waals surface area contributed by atoms with E-state index >= 15 is 0 Å². The number of fused-ring (bicyclic) bond motifs is 1. The van der Waals surface area contributed by atoms with Gasteiger partial charge in [0.1, 0.15) is 5.41 Å². The number of amides is 2. The number of carbonyl (C=O) groups is 2. The lowest BCUT2D eigenvalue weighted by molar-refractivity contribution is -0.147. The molecule has 0 spiro atoms. The van der Waals surface area contributed by atoms with Gasteiger partial charge in [-0.2, -0.15) is 0 Å². The van der Waals surface area contributed by atoms with Crippen molar-refractivity contribution in [3.63, 3.8) is 0 Å². The first-order chi connectivity index (χ1) is 7.07. The summed E-state index contributed by atoms with van der Waals surface area (Å²) in [4.78, 5) is 23.4. The van der Waals surface area contributed by atoms with Gasteiger partial charge in [-0.05, 0) is 19.3 Å². The smallest absolute Gasteiger partial charge is 0.260 e. The van der Waals surface area contributed by atoms with Crippen LogP contribution in [0, 0.1) is 5.41 Å². The van der Waals surface area contributed by atoms with Gasteiger partial charge in [0.05, 0.1) is 0 Å². The molecule has 0 radical (unpaired) electrons. The van der Waals surface area contributed by atoms with Gasteiger partial charge in [-0.25, -0.2) is 0 Å². The summed E-state index contributed by atoms with van der Waals surface area (Å²) in [5.41, 5.74) is -2.54. The molecule has 0 bridgehead atoms. The van der Waals surface area contributed by atoms with Gasteiger partial charge >= 0.3 is 0 Å². The van der Waals surface area contributed by atoms with Crippen LogP contribution in [0.5, 0.6) is 0 Å². The molecule has 15 heavy (non-hydrogen) atoms. The highest BCUT2D eigenvalue weighted by atomic mass is 16.3. The Kier molecular flexibility index (Phi) is 2.19. The molecule has 1 heterocycles. The Labute approximate surface area is 88.4 Å². The van der Waals surface area contributed by atoms with Crippen molar-refractivity contribution in [3.8, 4) is 0 Å². The van der Waals surface area contributed by atoms with Gasteiger partial charge < -0.3 is 5.11 Å². The van der Waals surface area contributed by atoms with E-state index in [9.17, 15) is 14.7 Å². The fourth-order valence-corrected chi connectivity index (χ4v) is 2.63. The predicted octanol–water partition coefficient (Wildman–Crippen LogP) is 0.510. The molecule has 0 aromatic carbocycles. The fourth-order valence-electron chi connectivity index (χ4n) is 2.63. The van der Waals surface area contributed by atoms with Crippen LogP contribution in [-0.2, 0) is 9.59 Å². The van der Waals surface area contributed by atoms with Crippen LogP contribution < -0.4 is 5.32 Å². The SMILES string of the molecule is CCCC12C=CCCC1(O)C(=O)NC2=O. The molecule has 2 rings (SSSR count). The third-order valence-electron chi connectivity index (χ3n) is 3.47. The number of hydrogen-bond donors (Lipinski definition) is 2. The Balaban J connectivity index is 2.51.